The third-order valence-electron chi connectivity index (χ3n) is 4.15. The van der Waals surface area contributed by atoms with Crippen molar-refractivity contribution in [2.45, 2.75) is 38.2 Å². The zero-order valence-electron chi connectivity index (χ0n) is 11.4. The summed E-state index contributed by atoms with van der Waals surface area (Å²) in [6.07, 6.45) is 5.66. The Labute approximate surface area is 119 Å². The Bertz CT molecular complexity index is 468. The third-order valence-corrected chi connectivity index (χ3v) is 4.85. The molecular weight excluding hydrogens is 254 g/mol. The van der Waals surface area contributed by atoms with Gasteiger partial charge >= 0.3 is 0 Å². The summed E-state index contributed by atoms with van der Waals surface area (Å²) in [6.45, 7) is 0. The van der Waals surface area contributed by atoms with Crippen LogP contribution < -0.4 is 0 Å². The number of fused-ring (bicyclic) bond motifs is 1. The molecule has 0 aliphatic heterocycles. The van der Waals surface area contributed by atoms with E-state index in [1.54, 1.807) is 11.8 Å². The van der Waals surface area contributed by atoms with Crippen molar-refractivity contribution in [3.05, 3.63) is 35.4 Å². The molecule has 19 heavy (non-hydrogen) atoms. The molecule has 0 heterocycles. The van der Waals surface area contributed by atoms with Gasteiger partial charge in [0.1, 0.15) is 0 Å². The van der Waals surface area contributed by atoms with E-state index in [1.165, 1.54) is 11.1 Å². The summed E-state index contributed by atoms with van der Waals surface area (Å²) < 4.78 is 0. The summed E-state index contributed by atoms with van der Waals surface area (Å²) in [5.41, 5.74) is 2.00. The predicted molar refractivity (Wildman–Crippen MR) is 80.1 cm³/mol. The van der Waals surface area contributed by atoms with E-state index in [4.69, 9.17) is 0 Å². The highest BCUT2D eigenvalue weighted by Crippen LogP contribution is 2.39. The van der Waals surface area contributed by atoms with E-state index in [0.29, 0.717) is 6.42 Å². The molecule has 0 spiro atoms. The van der Waals surface area contributed by atoms with Crippen molar-refractivity contribution in [3.63, 3.8) is 0 Å². The summed E-state index contributed by atoms with van der Waals surface area (Å²) in [7, 11) is 0. The van der Waals surface area contributed by atoms with Gasteiger partial charge in [-0.2, -0.15) is 17.0 Å². The molecule has 102 valence electrons. The normalized spacial score (nSPS) is 23.4. The predicted octanol–water partition coefficient (Wildman–Crippen LogP) is 3.19. The first kappa shape index (κ1) is 14.4. The molecule has 1 N–H and O–H groups in total. The number of aliphatic hydroxyl groups excluding tert-OH is 1. The molecule has 2 nitrogen and oxygen atoms in total. The topological polar surface area (TPSA) is 44.0 Å². The molecule has 0 bridgehead atoms. The van der Waals surface area contributed by atoms with Crippen molar-refractivity contribution < 1.29 is 5.11 Å². The molecule has 2 rings (SSSR count). The molecule has 0 saturated heterocycles. The maximum absolute atomic E-state index is 10.4. The Morgan fingerprint density at radius 1 is 1.42 bits per heavy atom. The van der Waals surface area contributed by atoms with E-state index >= 15 is 0 Å². The quantitative estimate of drug-likeness (QED) is 0.839. The van der Waals surface area contributed by atoms with Crippen molar-refractivity contribution in [2.75, 3.05) is 12.0 Å². The molecule has 2 atom stereocenters. The average molecular weight is 275 g/mol. The summed E-state index contributed by atoms with van der Waals surface area (Å²) in [5, 5.41) is 20.0. The van der Waals surface area contributed by atoms with Crippen molar-refractivity contribution in [1.82, 2.24) is 0 Å². The van der Waals surface area contributed by atoms with Crippen LogP contribution in [0.5, 0.6) is 0 Å². The molecule has 0 fully saturated rings. The Morgan fingerprint density at radius 2 is 2.16 bits per heavy atom. The number of aryl methyl sites for hydroxylation is 1. The van der Waals surface area contributed by atoms with Gasteiger partial charge in [0.05, 0.1) is 17.6 Å². The highest BCUT2D eigenvalue weighted by atomic mass is 32.2. The molecule has 1 aliphatic rings. The van der Waals surface area contributed by atoms with Gasteiger partial charge in [0.2, 0.25) is 0 Å². The molecule has 1 aliphatic carbocycles. The summed E-state index contributed by atoms with van der Waals surface area (Å²) in [6, 6.07) is 10.7. The van der Waals surface area contributed by atoms with Gasteiger partial charge in [-0.1, -0.05) is 24.3 Å². The summed E-state index contributed by atoms with van der Waals surface area (Å²) in [4.78, 5) is 0. The lowest BCUT2D eigenvalue weighted by atomic mass is 9.68. The van der Waals surface area contributed by atoms with Gasteiger partial charge in [-0.15, -0.1) is 0 Å². The van der Waals surface area contributed by atoms with Gasteiger partial charge in [0.15, 0.2) is 0 Å². The van der Waals surface area contributed by atoms with E-state index in [9.17, 15) is 10.4 Å². The zero-order valence-corrected chi connectivity index (χ0v) is 12.2. The van der Waals surface area contributed by atoms with Crippen molar-refractivity contribution >= 4 is 11.8 Å². The van der Waals surface area contributed by atoms with Gasteiger partial charge in [-0.25, -0.2) is 0 Å². The molecule has 0 saturated carbocycles. The Morgan fingerprint density at radius 3 is 2.84 bits per heavy atom. The number of rotatable bonds is 5. The number of thioether (sulfide) groups is 1. The van der Waals surface area contributed by atoms with E-state index in [1.807, 2.05) is 12.1 Å². The number of benzene rings is 1. The monoisotopic (exact) mass is 275 g/mol. The van der Waals surface area contributed by atoms with Crippen LogP contribution in [0.3, 0.4) is 0 Å². The minimum atomic E-state index is -0.577. The van der Waals surface area contributed by atoms with E-state index < -0.39 is 11.5 Å². The molecule has 0 aromatic heterocycles. The number of nitriles is 1. The maximum Gasteiger partial charge on any atom is 0.0875 e. The first-order valence-electron chi connectivity index (χ1n) is 6.87. The fourth-order valence-electron chi connectivity index (χ4n) is 2.91. The van der Waals surface area contributed by atoms with Crippen LogP contribution in [0.4, 0.5) is 0 Å². The van der Waals surface area contributed by atoms with Crippen LogP contribution in [0.25, 0.3) is 0 Å². The van der Waals surface area contributed by atoms with Crippen LogP contribution in [0.1, 0.15) is 30.4 Å². The first-order valence-corrected chi connectivity index (χ1v) is 8.26. The maximum atomic E-state index is 10.4. The summed E-state index contributed by atoms with van der Waals surface area (Å²) in [5.74, 6) is 1.05. The molecule has 1 aromatic carbocycles. The van der Waals surface area contributed by atoms with Crippen LogP contribution in [-0.4, -0.2) is 23.2 Å². The average Bonchev–Trinajstić information content (AvgIpc) is 2.46. The fourth-order valence-corrected chi connectivity index (χ4v) is 3.37. The van der Waals surface area contributed by atoms with Crippen LogP contribution in [-0.2, 0) is 12.8 Å². The first-order chi connectivity index (χ1) is 9.22. The van der Waals surface area contributed by atoms with Crippen LogP contribution >= 0.6 is 11.8 Å². The minimum absolute atomic E-state index is 0.502. The lowest BCUT2D eigenvalue weighted by Gasteiger charge is -2.36. The molecule has 0 amide bonds. The molecule has 1 aromatic rings. The number of hydrogen-bond donors (Lipinski definition) is 1. The van der Waals surface area contributed by atoms with Gasteiger partial charge in [-0.05, 0) is 55.2 Å². The van der Waals surface area contributed by atoms with Gasteiger partial charge < -0.3 is 5.11 Å². The number of aliphatic hydroxyl groups is 1. The molecule has 0 radical (unpaired) electrons. The molecule has 3 heteroatoms. The SMILES string of the molecule is CSCCCC(O)C1(C#N)CCc2ccccc2C1. The second-order valence-electron chi connectivity index (χ2n) is 5.36. The summed E-state index contributed by atoms with van der Waals surface area (Å²) >= 11 is 1.79. The molecule has 2 unspecified atom stereocenters. The van der Waals surface area contributed by atoms with Crippen LogP contribution in [0, 0.1) is 16.7 Å². The van der Waals surface area contributed by atoms with Crippen LogP contribution in [0.15, 0.2) is 24.3 Å². The van der Waals surface area contributed by atoms with Crippen LogP contribution in [0.2, 0.25) is 0 Å². The number of hydrogen-bond acceptors (Lipinski definition) is 3. The Kier molecular flexibility index (Phi) is 4.90. The van der Waals surface area contributed by atoms with E-state index in [-0.39, 0.29) is 0 Å². The highest BCUT2D eigenvalue weighted by molar-refractivity contribution is 7.98. The van der Waals surface area contributed by atoms with Crippen molar-refractivity contribution in [3.8, 4) is 6.07 Å². The second kappa shape index (κ2) is 6.45. The second-order valence-corrected chi connectivity index (χ2v) is 6.35. The van der Waals surface area contributed by atoms with Gasteiger partial charge in [0, 0.05) is 0 Å². The zero-order chi connectivity index (χ0) is 13.7. The third kappa shape index (κ3) is 3.13. The van der Waals surface area contributed by atoms with Crippen molar-refractivity contribution in [1.29, 1.82) is 5.26 Å². The fraction of sp³-hybridized carbons (Fsp3) is 0.562. The Hall–Kier alpha value is -0.980. The van der Waals surface area contributed by atoms with E-state index in [2.05, 4.69) is 24.5 Å². The standard InChI is InChI=1S/C16H21NOS/c1-19-10-4-7-15(18)16(12-17)9-8-13-5-2-3-6-14(13)11-16/h2-3,5-6,15,18H,4,7-11H2,1H3. The minimum Gasteiger partial charge on any atom is -0.391 e. The van der Waals surface area contributed by atoms with Gasteiger partial charge in [0.25, 0.3) is 0 Å². The molecular formula is C16H21NOS. The smallest absolute Gasteiger partial charge is 0.0875 e. The lowest BCUT2D eigenvalue weighted by molar-refractivity contribution is 0.0461. The highest BCUT2D eigenvalue weighted by Gasteiger charge is 2.40. The van der Waals surface area contributed by atoms with Crippen molar-refractivity contribution in [2.24, 2.45) is 5.41 Å². The Balaban J connectivity index is 2.11. The lowest BCUT2D eigenvalue weighted by Crippen LogP contribution is -2.39. The van der Waals surface area contributed by atoms with Gasteiger partial charge in [-0.3, -0.25) is 0 Å². The number of nitrogens with zero attached hydrogens (tertiary/aromatic N) is 1. The largest absolute Gasteiger partial charge is 0.391 e. The van der Waals surface area contributed by atoms with E-state index in [0.717, 1.165) is 31.4 Å².